The molecule has 0 radical (unpaired) electrons. The van der Waals surface area contributed by atoms with Crippen molar-refractivity contribution < 1.29 is 4.84 Å². The van der Waals surface area contributed by atoms with Crippen LogP contribution < -0.4 is 0 Å². The Morgan fingerprint density at radius 3 is 3.30 bits per heavy atom. The van der Waals surface area contributed by atoms with Gasteiger partial charge in [0.05, 0.1) is 6.21 Å². The highest BCUT2D eigenvalue weighted by Crippen LogP contribution is 2.04. The summed E-state index contributed by atoms with van der Waals surface area (Å²) < 4.78 is 0. The van der Waals surface area contributed by atoms with Gasteiger partial charge in [-0.15, -0.1) is 11.3 Å². The molecule has 0 aliphatic rings. The molecule has 2 nitrogen and oxygen atoms in total. The van der Waals surface area contributed by atoms with Gasteiger partial charge >= 0.3 is 0 Å². The van der Waals surface area contributed by atoms with E-state index in [1.807, 2.05) is 24.4 Å². The standard InChI is InChI=1S/C7H9NOS/c1-2-9-8-6-7-4-3-5-10-7/h3-6H,2H2,1H3. The molecule has 3 heteroatoms. The maximum atomic E-state index is 4.78. The van der Waals surface area contributed by atoms with Gasteiger partial charge in [0.2, 0.25) is 0 Å². The van der Waals surface area contributed by atoms with Gasteiger partial charge < -0.3 is 4.84 Å². The first kappa shape index (κ1) is 7.28. The van der Waals surface area contributed by atoms with Crippen molar-refractivity contribution in [3.8, 4) is 0 Å². The second-order valence-corrected chi connectivity index (χ2v) is 2.65. The Balaban J connectivity index is 2.40. The van der Waals surface area contributed by atoms with E-state index in [2.05, 4.69) is 5.16 Å². The molecule has 0 amide bonds. The van der Waals surface area contributed by atoms with Gasteiger partial charge in [0.15, 0.2) is 0 Å². The summed E-state index contributed by atoms with van der Waals surface area (Å²) in [6, 6.07) is 3.98. The summed E-state index contributed by atoms with van der Waals surface area (Å²) in [7, 11) is 0. The molecule has 1 heterocycles. The Morgan fingerprint density at radius 1 is 1.80 bits per heavy atom. The van der Waals surface area contributed by atoms with Crippen molar-refractivity contribution in [1.29, 1.82) is 0 Å². The number of oxime groups is 1. The van der Waals surface area contributed by atoms with Gasteiger partial charge in [-0.1, -0.05) is 11.2 Å². The number of nitrogens with zero attached hydrogens (tertiary/aromatic N) is 1. The molecule has 0 spiro atoms. The first-order chi connectivity index (χ1) is 4.93. The topological polar surface area (TPSA) is 21.6 Å². The zero-order chi connectivity index (χ0) is 7.23. The third kappa shape index (κ3) is 2.19. The SMILES string of the molecule is CCON=Cc1cccs1. The third-order valence-corrected chi connectivity index (χ3v) is 1.73. The molecule has 0 aliphatic carbocycles. The highest BCUT2D eigenvalue weighted by atomic mass is 32.1. The van der Waals surface area contributed by atoms with E-state index in [4.69, 9.17) is 4.84 Å². The molecule has 0 bridgehead atoms. The highest BCUT2D eigenvalue weighted by molar-refractivity contribution is 7.11. The summed E-state index contributed by atoms with van der Waals surface area (Å²) in [6.45, 7) is 2.54. The summed E-state index contributed by atoms with van der Waals surface area (Å²) in [4.78, 5) is 5.90. The normalized spacial score (nSPS) is 10.5. The van der Waals surface area contributed by atoms with Crippen LogP contribution in [0.15, 0.2) is 22.7 Å². The lowest BCUT2D eigenvalue weighted by atomic mass is 10.5. The quantitative estimate of drug-likeness (QED) is 0.484. The molecule has 1 rings (SSSR count). The first-order valence-corrected chi connectivity index (χ1v) is 4.00. The van der Waals surface area contributed by atoms with Crippen LogP contribution in [0.25, 0.3) is 0 Å². The van der Waals surface area contributed by atoms with Crippen LogP contribution in [0.1, 0.15) is 11.8 Å². The average molecular weight is 155 g/mol. The van der Waals surface area contributed by atoms with E-state index in [1.54, 1.807) is 17.6 Å². The molecule has 10 heavy (non-hydrogen) atoms. The lowest BCUT2D eigenvalue weighted by Gasteiger charge is -1.87. The summed E-state index contributed by atoms with van der Waals surface area (Å²) >= 11 is 1.64. The molecule has 0 saturated carbocycles. The Labute approximate surface area is 64.1 Å². The minimum absolute atomic E-state index is 0.627. The van der Waals surface area contributed by atoms with Gasteiger partial charge in [0, 0.05) is 4.88 Å². The molecule has 0 N–H and O–H groups in total. The number of thiophene rings is 1. The van der Waals surface area contributed by atoms with Crippen LogP contribution in [0.2, 0.25) is 0 Å². The molecular weight excluding hydrogens is 146 g/mol. The molecule has 0 unspecified atom stereocenters. The Bertz CT molecular complexity index is 193. The molecule has 0 saturated heterocycles. The molecule has 54 valence electrons. The van der Waals surface area contributed by atoms with Crippen molar-refractivity contribution in [2.24, 2.45) is 5.16 Å². The van der Waals surface area contributed by atoms with E-state index in [0.29, 0.717) is 6.61 Å². The maximum Gasteiger partial charge on any atom is 0.114 e. The maximum absolute atomic E-state index is 4.78. The highest BCUT2D eigenvalue weighted by Gasteiger charge is 1.84. The summed E-state index contributed by atoms with van der Waals surface area (Å²) in [5.74, 6) is 0. The minimum Gasteiger partial charge on any atom is -0.396 e. The number of hydrogen-bond acceptors (Lipinski definition) is 3. The molecule has 0 atom stereocenters. The lowest BCUT2D eigenvalue weighted by molar-refractivity contribution is 0.160. The van der Waals surface area contributed by atoms with Crippen molar-refractivity contribution in [3.05, 3.63) is 22.4 Å². The van der Waals surface area contributed by atoms with Crippen LogP contribution in [-0.4, -0.2) is 12.8 Å². The van der Waals surface area contributed by atoms with Gasteiger partial charge in [0.1, 0.15) is 6.61 Å². The van der Waals surface area contributed by atoms with Crippen molar-refractivity contribution in [2.75, 3.05) is 6.61 Å². The van der Waals surface area contributed by atoms with Crippen LogP contribution in [0, 0.1) is 0 Å². The second-order valence-electron chi connectivity index (χ2n) is 1.67. The van der Waals surface area contributed by atoms with Crippen LogP contribution in [0.4, 0.5) is 0 Å². The number of rotatable bonds is 3. The molecule has 1 aromatic heterocycles. The fourth-order valence-corrected chi connectivity index (χ4v) is 1.10. The fraction of sp³-hybridized carbons (Fsp3) is 0.286. The van der Waals surface area contributed by atoms with Crippen molar-refractivity contribution >= 4 is 17.6 Å². The zero-order valence-electron chi connectivity index (χ0n) is 5.78. The lowest BCUT2D eigenvalue weighted by Crippen LogP contribution is -1.79. The Morgan fingerprint density at radius 2 is 2.70 bits per heavy atom. The predicted octanol–water partition coefficient (Wildman–Crippen LogP) is 2.12. The summed E-state index contributed by atoms with van der Waals surface area (Å²) in [5, 5.41) is 5.72. The van der Waals surface area contributed by atoms with E-state index in [1.165, 1.54) is 0 Å². The van der Waals surface area contributed by atoms with Crippen molar-refractivity contribution in [3.63, 3.8) is 0 Å². The summed E-state index contributed by atoms with van der Waals surface area (Å²) in [6.07, 6.45) is 1.72. The Hall–Kier alpha value is -0.830. The smallest absolute Gasteiger partial charge is 0.114 e. The molecule has 0 aromatic carbocycles. The van der Waals surface area contributed by atoms with E-state index in [0.717, 1.165) is 4.88 Å². The third-order valence-electron chi connectivity index (χ3n) is 0.927. The van der Waals surface area contributed by atoms with E-state index >= 15 is 0 Å². The Kier molecular flexibility index (Phi) is 2.96. The predicted molar refractivity (Wildman–Crippen MR) is 43.5 cm³/mol. The van der Waals surface area contributed by atoms with Crippen LogP contribution in [0.3, 0.4) is 0 Å². The van der Waals surface area contributed by atoms with Crippen molar-refractivity contribution in [1.82, 2.24) is 0 Å². The van der Waals surface area contributed by atoms with Crippen LogP contribution in [0.5, 0.6) is 0 Å². The van der Waals surface area contributed by atoms with E-state index < -0.39 is 0 Å². The van der Waals surface area contributed by atoms with Gasteiger partial charge in [-0.3, -0.25) is 0 Å². The van der Waals surface area contributed by atoms with Gasteiger partial charge in [-0.05, 0) is 18.4 Å². The van der Waals surface area contributed by atoms with Gasteiger partial charge in [0.25, 0.3) is 0 Å². The van der Waals surface area contributed by atoms with E-state index in [-0.39, 0.29) is 0 Å². The van der Waals surface area contributed by atoms with Gasteiger partial charge in [-0.25, -0.2) is 0 Å². The van der Waals surface area contributed by atoms with Crippen LogP contribution >= 0.6 is 11.3 Å². The van der Waals surface area contributed by atoms with Crippen molar-refractivity contribution in [2.45, 2.75) is 6.92 Å². The monoisotopic (exact) mass is 155 g/mol. The molecule has 0 aliphatic heterocycles. The minimum atomic E-state index is 0.627. The largest absolute Gasteiger partial charge is 0.396 e. The molecule has 0 fully saturated rings. The number of hydrogen-bond donors (Lipinski definition) is 0. The zero-order valence-corrected chi connectivity index (χ0v) is 6.60. The fourth-order valence-electron chi connectivity index (χ4n) is 0.528. The second kappa shape index (κ2) is 4.06. The van der Waals surface area contributed by atoms with E-state index in [9.17, 15) is 0 Å². The average Bonchev–Trinajstić information content (AvgIpc) is 2.41. The van der Waals surface area contributed by atoms with Gasteiger partial charge in [-0.2, -0.15) is 0 Å². The molecular formula is C7H9NOS. The first-order valence-electron chi connectivity index (χ1n) is 3.12. The van der Waals surface area contributed by atoms with Crippen LogP contribution in [-0.2, 0) is 4.84 Å². The summed E-state index contributed by atoms with van der Waals surface area (Å²) in [5.41, 5.74) is 0. The molecule has 1 aromatic rings.